The Bertz CT molecular complexity index is 949. The quantitative estimate of drug-likeness (QED) is 0.0663. The number of nitrogens with one attached hydrogen (secondary N) is 3. The van der Waals surface area contributed by atoms with Crippen LogP contribution in [0.15, 0.2) is 29.3 Å². The van der Waals surface area contributed by atoms with Gasteiger partial charge in [0.25, 0.3) is 0 Å². The van der Waals surface area contributed by atoms with Crippen LogP contribution in [-0.4, -0.2) is 82.3 Å². The van der Waals surface area contributed by atoms with Crippen LogP contribution in [0.1, 0.15) is 32.3 Å². The molecule has 1 rings (SSSR count). The number of aliphatic carboxylic acids is 1. The van der Waals surface area contributed by atoms with Crippen molar-refractivity contribution < 1.29 is 34.5 Å². The van der Waals surface area contributed by atoms with Crippen LogP contribution in [-0.2, 0) is 25.6 Å². The highest BCUT2D eigenvalue weighted by atomic mass is 16.4. The molecule has 0 spiro atoms. The normalized spacial score (nSPS) is 14.1. The van der Waals surface area contributed by atoms with Gasteiger partial charge < -0.3 is 48.5 Å². The van der Waals surface area contributed by atoms with Crippen molar-refractivity contribution in [3.63, 3.8) is 0 Å². The molecule has 206 valence electrons. The number of rotatable bonds is 15. The smallest absolute Gasteiger partial charge is 0.326 e. The molecule has 0 bridgehead atoms. The predicted molar refractivity (Wildman–Crippen MR) is 135 cm³/mol. The maximum atomic E-state index is 12.8. The molecular formula is C23H37N7O7. The number of carboxylic acid groups (broad SMARTS) is 1. The molecule has 14 nitrogen and oxygen atoms in total. The number of aliphatic hydroxyl groups excluding tert-OH is 1. The third-order valence-electron chi connectivity index (χ3n) is 5.35. The molecule has 0 saturated heterocycles. The third kappa shape index (κ3) is 11.1. The number of hydrogen-bond acceptors (Lipinski definition) is 8. The third-order valence-corrected chi connectivity index (χ3v) is 5.35. The number of carbonyl (C=O) groups excluding carboxylic acids is 3. The first-order valence-corrected chi connectivity index (χ1v) is 11.7. The van der Waals surface area contributed by atoms with Crippen LogP contribution in [0, 0.1) is 5.92 Å². The first-order valence-electron chi connectivity index (χ1n) is 11.7. The van der Waals surface area contributed by atoms with Gasteiger partial charge in [-0.15, -0.1) is 0 Å². The van der Waals surface area contributed by atoms with Crippen molar-refractivity contribution in [2.24, 2.45) is 28.1 Å². The molecule has 0 aromatic heterocycles. The van der Waals surface area contributed by atoms with Crippen LogP contribution in [0.2, 0.25) is 0 Å². The molecule has 37 heavy (non-hydrogen) atoms. The van der Waals surface area contributed by atoms with Crippen molar-refractivity contribution in [3.8, 4) is 5.75 Å². The van der Waals surface area contributed by atoms with Crippen LogP contribution in [0.3, 0.4) is 0 Å². The molecule has 1 aromatic carbocycles. The maximum absolute atomic E-state index is 12.8. The van der Waals surface area contributed by atoms with Crippen LogP contribution < -0.4 is 33.2 Å². The second-order valence-electron chi connectivity index (χ2n) is 8.80. The van der Waals surface area contributed by atoms with E-state index >= 15 is 0 Å². The minimum absolute atomic E-state index is 0.0465. The van der Waals surface area contributed by atoms with E-state index in [0.717, 1.165) is 0 Å². The Balaban J connectivity index is 2.77. The summed E-state index contributed by atoms with van der Waals surface area (Å²) in [7, 11) is 0. The SMILES string of the molecule is CC(C)C(NC(=O)C(CO)NC(=O)C(N)Cc1ccc(O)cc1)C(=O)NC(CCCN=C(N)N)C(=O)O. The number of carboxylic acids is 1. The predicted octanol–water partition coefficient (Wildman–Crippen LogP) is -2.50. The summed E-state index contributed by atoms with van der Waals surface area (Å²) >= 11 is 0. The van der Waals surface area contributed by atoms with Crippen LogP contribution in [0.5, 0.6) is 5.75 Å². The molecule has 0 aliphatic rings. The lowest BCUT2D eigenvalue weighted by atomic mass is 10.0. The van der Waals surface area contributed by atoms with Crippen molar-refractivity contribution in [2.45, 2.75) is 57.3 Å². The molecule has 1 aromatic rings. The van der Waals surface area contributed by atoms with Gasteiger partial charge in [-0.25, -0.2) is 4.79 Å². The Labute approximate surface area is 214 Å². The molecule has 0 fully saturated rings. The first-order chi connectivity index (χ1) is 17.3. The van der Waals surface area contributed by atoms with Crippen LogP contribution >= 0.6 is 0 Å². The molecular weight excluding hydrogens is 486 g/mol. The summed E-state index contributed by atoms with van der Waals surface area (Å²) in [6.45, 7) is 2.69. The van der Waals surface area contributed by atoms with Gasteiger partial charge in [0.05, 0.1) is 12.6 Å². The molecule has 4 atom stereocenters. The number of guanidine groups is 1. The Morgan fingerprint density at radius 2 is 1.54 bits per heavy atom. The van der Waals surface area contributed by atoms with E-state index in [4.69, 9.17) is 17.2 Å². The molecule has 0 saturated carbocycles. The lowest BCUT2D eigenvalue weighted by molar-refractivity contribution is -0.142. The zero-order valence-corrected chi connectivity index (χ0v) is 20.9. The maximum Gasteiger partial charge on any atom is 0.326 e. The zero-order chi connectivity index (χ0) is 28.1. The fourth-order valence-corrected chi connectivity index (χ4v) is 3.26. The van der Waals surface area contributed by atoms with Crippen LogP contribution in [0.25, 0.3) is 0 Å². The van der Waals surface area contributed by atoms with E-state index in [1.807, 2.05) is 0 Å². The lowest BCUT2D eigenvalue weighted by Gasteiger charge is -2.26. The Hall–Kier alpha value is -3.91. The molecule has 12 N–H and O–H groups in total. The molecule has 0 aliphatic heterocycles. The first kappa shape index (κ1) is 31.1. The van der Waals surface area contributed by atoms with Gasteiger partial charge in [0.2, 0.25) is 17.7 Å². The van der Waals surface area contributed by atoms with Crippen molar-refractivity contribution in [3.05, 3.63) is 29.8 Å². The van der Waals surface area contributed by atoms with Gasteiger partial charge >= 0.3 is 5.97 Å². The van der Waals surface area contributed by atoms with Gasteiger partial charge in [-0.05, 0) is 42.9 Å². The number of amides is 3. The summed E-state index contributed by atoms with van der Waals surface area (Å²) in [5, 5.41) is 35.6. The number of nitrogens with zero attached hydrogens (tertiary/aromatic N) is 1. The highest BCUT2D eigenvalue weighted by Gasteiger charge is 2.31. The van der Waals surface area contributed by atoms with Crippen molar-refractivity contribution in [2.75, 3.05) is 13.2 Å². The minimum atomic E-state index is -1.40. The van der Waals surface area contributed by atoms with Gasteiger partial charge in [0.1, 0.15) is 23.9 Å². The number of aromatic hydroxyl groups is 1. The number of carbonyl (C=O) groups is 4. The van der Waals surface area contributed by atoms with E-state index in [2.05, 4.69) is 20.9 Å². The number of aliphatic imine (C=N–C) groups is 1. The number of phenolic OH excluding ortho intramolecular Hbond substituents is 1. The van der Waals surface area contributed by atoms with E-state index in [-0.39, 0.29) is 37.5 Å². The van der Waals surface area contributed by atoms with Crippen molar-refractivity contribution >= 4 is 29.7 Å². The van der Waals surface area contributed by atoms with Crippen molar-refractivity contribution in [1.82, 2.24) is 16.0 Å². The topological polar surface area (TPSA) is 255 Å². The molecule has 4 unspecified atom stereocenters. The number of hydrogen-bond donors (Lipinski definition) is 9. The van der Waals surface area contributed by atoms with E-state index < -0.39 is 60.4 Å². The summed E-state index contributed by atoms with van der Waals surface area (Å²) in [6.07, 6.45) is 0.449. The molecule has 0 heterocycles. The average molecular weight is 524 g/mol. The van der Waals surface area contributed by atoms with Gasteiger partial charge in [-0.3, -0.25) is 19.4 Å². The molecule has 0 aliphatic carbocycles. The number of aliphatic hydroxyl groups is 1. The number of phenols is 1. The fourth-order valence-electron chi connectivity index (χ4n) is 3.26. The van der Waals surface area contributed by atoms with Gasteiger partial charge in [0, 0.05) is 6.54 Å². The van der Waals surface area contributed by atoms with Gasteiger partial charge in [-0.1, -0.05) is 26.0 Å². The number of benzene rings is 1. The second kappa shape index (κ2) is 15.3. The molecule has 3 amide bonds. The largest absolute Gasteiger partial charge is 0.508 e. The summed E-state index contributed by atoms with van der Waals surface area (Å²) < 4.78 is 0. The fraction of sp³-hybridized carbons (Fsp3) is 0.522. The zero-order valence-electron chi connectivity index (χ0n) is 20.9. The van der Waals surface area contributed by atoms with Crippen molar-refractivity contribution in [1.29, 1.82) is 0 Å². The number of nitrogens with two attached hydrogens (primary N) is 3. The Kier molecular flexibility index (Phi) is 12.8. The summed E-state index contributed by atoms with van der Waals surface area (Å²) in [5.41, 5.74) is 17.0. The van der Waals surface area contributed by atoms with E-state index in [0.29, 0.717) is 5.56 Å². The Morgan fingerprint density at radius 1 is 0.946 bits per heavy atom. The summed E-state index contributed by atoms with van der Waals surface area (Å²) in [5.74, 6) is -4.10. The van der Waals surface area contributed by atoms with E-state index in [1.165, 1.54) is 12.1 Å². The Morgan fingerprint density at radius 3 is 2.05 bits per heavy atom. The van der Waals surface area contributed by atoms with Gasteiger partial charge in [0.15, 0.2) is 5.96 Å². The standard InChI is InChI=1S/C23H37N7O7/c1-12(2)18(21(35)28-16(22(36)37)4-3-9-27-23(25)26)30-20(34)17(11-31)29-19(33)15(24)10-13-5-7-14(32)8-6-13/h5-8,12,15-18,31-32H,3-4,9-11,24H2,1-2H3,(H,28,35)(H,29,33)(H,30,34)(H,36,37)(H4,25,26,27). The molecule has 0 radical (unpaired) electrons. The second-order valence-corrected chi connectivity index (χ2v) is 8.80. The van der Waals surface area contributed by atoms with Crippen LogP contribution in [0.4, 0.5) is 0 Å². The van der Waals surface area contributed by atoms with Gasteiger partial charge in [-0.2, -0.15) is 0 Å². The minimum Gasteiger partial charge on any atom is -0.508 e. The highest BCUT2D eigenvalue weighted by molar-refractivity contribution is 5.94. The average Bonchev–Trinajstić information content (AvgIpc) is 2.83. The van der Waals surface area contributed by atoms with E-state index in [9.17, 15) is 34.5 Å². The highest BCUT2D eigenvalue weighted by Crippen LogP contribution is 2.11. The lowest BCUT2D eigenvalue weighted by Crippen LogP contribution is -2.59. The molecule has 14 heteroatoms. The monoisotopic (exact) mass is 523 g/mol. The summed E-state index contributed by atoms with van der Waals surface area (Å²) in [6, 6.07) is 1.23. The van der Waals surface area contributed by atoms with E-state index in [1.54, 1.807) is 26.0 Å². The summed E-state index contributed by atoms with van der Waals surface area (Å²) in [4.78, 5) is 53.4.